The lowest BCUT2D eigenvalue weighted by atomic mass is 9.84. The van der Waals surface area contributed by atoms with Gasteiger partial charge in [0.1, 0.15) is 5.41 Å². The SMILES string of the molecule is C[C@@]12CCC[C@]1(OO)OOC2=O. The summed E-state index contributed by atoms with van der Waals surface area (Å²) in [5.74, 6) is -1.72. The van der Waals surface area contributed by atoms with Crippen LogP contribution in [-0.4, -0.2) is 17.0 Å². The van der Waals surface area contributed by atoms with Gasteiger partial charge in [0.2, 0.25) is 0 Å². The Labute approximate surface area is 69.1 Å². The van der Waals surface area contributed by atoms with Crippen LogP contribution >= 0.6 is 0 Å². The van der Waals surface area contributed by atoms with Crippen LogP contribution in [0.5, 0.6) is 0 Å². The molecular weight excluding hydrogens is 164 g/mol. The van der Waals surface area contributed by atoms with E-state index in [0.717, 1.165) is 6.42 Å². The number of rotatable bonds is 1. The number of fused-ring (bicyclic) bond motifs is 1. The quantitative estimate of drug-likeness (QED) is 0.471. The van der Waals surface area contributed by atoms with Gasteiger partial charge in [-0.2, -0.15) is 4.89 Å². The molecule has 2 atom stereocenters. The molecule has 68 valence electrons. The van der Waals surface area contributed by atoms with E-state index in [-0.39, 0.29) is 0 Å². The van der Waals surface area contributed by atoms with Gasteiger partial charge in [0.15, 0.2) is 0 Å². The van der Waals surface area contributed by atoms with Crippen LogP contribution in [0.15, 0.2) is 0 Å². The summed E-state index contributed by atoms with van der Waals surface area (Å²) in [6.07, 6.45) is 1.88. The zero-order valence-electron chi connectivity index (χ0n) is 6.70. The molecule has 1 heterocycles. The number of hydrogen-bond acceptors (Lipinski definition) is 5. The lowest BCUT2D eigenvalue weighted by molar-refractivity contribution is -0.469. The number of carbonyl (C=O) groups excluding carboxylic acids is 1. The van der Waals surface area contributed by atoms with E-state index in [9.17, 15) is 4.79 Å². The number of hydrogen-bond donors (Lipinski definition) is 1. The Morgan fingerprint density at radius 1 is 1.58 bits per heavy atom. The van der Waals surface area contributed by atoms with Crippen LogP contribution in [0.1, 0.15) is 26.2 Å². The first kappa shape index (κ1) is 7.97. The Morgan fingerprint density at radius 2 is 2.33 bits per heavy atom. The summed E-state index contributed by atoms with van der Waals surface area (Å²) in [5, 5.41) is 8.65. The lowest BCUT2D eigenvalue weighted by Gasteiger charge is -2.25. The van der Waals surface area contributed by atoms with Crippen LogP contribution in [-0.2, 0) is 19.5 Å². The second-order valence-electron chi connectivity index (χ2n) is 3.48. The maximum Gasteiger partial charge on any atom is 0.354 e. The van der Waals surface area contributed by atoms with Gasteiger partial charge in [-0.3, -0.25) is 4.89 Å². The third-order valence-corrected chi connectivity index (χ3v) is 2.87. The molecule has 1 saturated carbocycles. The van der Waals surface area contributed by atoms with Crippen molar-refractivity contribution in [3.05, 3.63) is 0 Å². The second-order valence-corrected chi connectivity index (χ2v) is 3.48. The lowest BCUT2D eigenvalue weighted by Crippen LogP contribution is -2.43. The smallest absolute Gasteiger partial charge is 0.294 e. The molecule has 0 aromatic rings. The molecular formula is C7H10O5. The summed E-state index contributed by atoms with van der Waals surface area (Å²) in [6.45, 7) is 1.67. The summed E-state index contributed by atoms with van der Waals surface area (Å²) in [5.41, 5.74) is -0.845. The van der Waals surface area contributed by atoms with Gasteiger partial charge >= 0.3 is 5.97 Å². The first-order chi connectivity index (χ1) is 5.65. The molecule has 2 fully saturated rings. The van der Waals surface area contributed by atoms with E-state index in [4.69, 9.17) is 10.1 Å². The van der Waals surface area contributed by atoms with Gasteiger partial charge in [-0.05, 0) is 19.8 Å². The first-order valence-electron chi connectivity index (χ1n) is 3.87. The van der Waals surface area contributed by atoms with E-state index in [2.05, 4.69) is 9.78 Å². The van der Waals surface area contributed by atoms with Crippen LogP contribution in [0.4, 0.5) is 0 Å². The molecule has 0 radical (unpaired) electrons. The minimum Gasteiger partial charge on any atom is -0.294 e. The van der Waals surface area contributed by atoms with Crippen molar-refractivity contribution >= 4 is 5.97 Å². The van der Waals surface area contributed by atoms with Crippen molar-refractivity contribution in [1.29, 1.82) is 0 Å². The fourth-order valence-corrected chi connectivity index (χ4v) is 1.89. The maximum atomic E-state index is 11.2. The van der Waals surface area contributed by atoms with Gasteiger partial charge in [0, 0.05) is 6.42 Å². The minimum absolute atomic E-state index is 0.464. The molecule has 5 nitrogen and oxygen atoms in total. The molecule has 0 spiro atoms. The molecule has 2 rings (SSSR count). The molecule has 0 amide bonds. The molecule has 1 saturated heterocycles. The highest BCUT2D eigenvalue weighted by atomic mass is 17.3. The molecule has 0 unspecified atom stereocenters. The highest BCUT2D eigenvalue weighted by Crippen LogP contribution is 2.53. The van der Waals surface area contributed by atoms with Crippen molar-refractivity contribution in [3.63, 3.8) is 0 Å². The molecule has 0 aromatic heterocycles. The van der Waals surface area contributed by atoms with E-state index in [1.54, 1.807) is 6.92 Å². The Bertz CT molecular complexity index is 228. The average molecular weight is 174 g/mol. The predicted molar refractivity (Wildman–Crippen MR) is 35.6 cm³/mol. The molecule has 1 N–H and O–H groups in total. The van der Waals surface area contributed by atoms with E-state index < -0.39 is 17.2 Å². The maximum absolute atomic E-state index is 11.2. The largest absolute Gasteiger partial charge is 0.354 e. The highest BCUT2D eigenvalue weighted by molar-refractivity contribution is 5.79. The topological polar surface area (TPSA) is 65.0 Å². The summed E-state index contributed by atoms with van der Waals surface area (Å²) in [4.78, 5) is 24.5. The monoisotopic (exact) mass is 174 g/mol. The van der Waals surface area contributed by atoms with Crippen LogP contribution in [0, 0.1) is 5.41 Å². The fourth-order valence-electron chi connectivity index (χ4n) is 1.89. The van der Waals surface area contributed by atoms with E-state index in [1.807, 2.05) is 0 Å². The van der Waals surface area contributed by atoms with Gasteiger partial charge in [-0.1, -0.05) is 0 Å². The Morgan fingerprint density at radius 3 is 2.92 bits per heavy atom. The van der Waals surface area contributed by atoms with Crippen LogP contribution in [0.2, 0.25) is 0 Å². The number of carbonyl (C=O) groups is 1. The third kappa shape index (κ3) is 0.663. The van der Waals surface area contributed by atoms with E-state index in [1.165, 1.54) is 0 Å². The fraction of sp³-hybridized carbons (Fsp3) is 0.857. The highest BCUT2D eigenvalue weighted by Gasteiger charge is 2.67. The van der Waals surface area contributed by atoms with Crippen LogP contribution in [0.3, 0.4) is 0 Å². The summed E-state index contributed by atoms with van der Waals surface area (Å²) < 4.78 is 0. The molecule has 0 bridgehead atoms. The minimum atomic E-state index is -1.26. The zero-order valence-corrected chi connectivity index (χ0v) is 6.70. The normalized spacial score (nSPS) is 46.0. The molecule has 5 heteroatoms. The average Bonchev–Trinajstić information content (AvgIpc) is 2.50. The van der Waals surface area contributed by atoms with Crippen molar-refractivity contribution in [1.82, 2.24) is 0 Å². The molecule has 2 aliphatic rings. The van der Waals surface area contributed by atoms with Gasteiger partial charge in [-0.25, -0.2) is 10.1 Å². The second kappa shape index (κ2) is 2.18. The van der Waals surface area contributed by atoms with Crippen LogP contribution in [0.25, 0.3) is 0 Å². The van der Waals surface area contributed by atoms with E-state index >= 15 is 0 Å². The summed E-state index contributed by atoms with van der Waals surface area (Å²) in [6, 6.07) is 0. The third-order valence-electron chi connectivity index (χ3n) is 2.87. The Balaban J connectivity index is 2.39. The van der Waals surface area contributed by atoms with Crippen molar-refractivity contribution in [2.24, 2.45) is 5.41 Å². The van der Waals surface area contributed by atoms with Crippen molar-refractivity contribution in [2.75, 3.05) is 0 Å². The van der Waals surface area contributed by atoms with E-state index in [0.29, 0.717) is 12.8 Å². The summed E-state index contributed by atoms with van der Waals surface area (Å²) >= 11 is 0. The zero-order chi connectivity index (χ0) is 8.82. The van der Waals surface area contributed by atoms with Gasteiger partial charge in [-0.15, -0.1) is 4.89 Å². The molecule has 1 aliphatic carbocycles. The van der Waals surface area contributed by atoms with Crippen LogP contribution < -0.4 is 0 Å². The molecule has 0 aromatic carbocycles. The van der Waals surface area contributed by atoms with Gasteiger partial charge < -0.3 is 0 Å². The summed E-state index contributed by atoms with van der Waals surface area (Å²) in [7, 11) is 0. The standard InChI is InChI=1S/C7H10O5/c1-6-3-2-4-7(6,11-9)12-10-5(6)8/h9H,2-4H2,1H3/t6-,7-/m0/s1. The first-order valence-corrected chi connectivity index (χ1v) is 3.87. The predicted octanol–water partition coefficient (Wildman–Crippen LogP) is 0.851. The molecule has 12 heavy (non-hydrogen) atoms. The molecule has 1 aliphatic heterocycles. The van der Waals surface area contributed by atoms with Gasteiger partial charge in [0.25, 0.3) is 5.79 Å². The Kier molecular flexibility index (Phi) is 1.45. The van der Waals surface area contributed by atoms with Gasteiger partial charge in [0.05, 0.1) is 0 Å². The van der Waals surface area contributed by atoms with Crippen molar-refractivity contribution in [3.8, 4) is 0 Å². The van der Waals surface area contributed by atoms with Crippen molar-refractivity contribution in [2.45, 2.75) is 32.0 Å². The Hall–Kier alpha value is -0.650. The van der Waals surface area contributed by atoms with Crippen molar-refractivity contribution < 1.29 is 24.7 Å².